The van der Waals surface area contributed by atoms with Gasteiger partial charge in [0.2, 0.25) is 5.13 Å². The van der Waals surface area contributed by atoms with E-state index in [1.165, 1.54) is 11.3 Å². The van der Waals surface area contributed by atoms with Crippen LogP contribution < -0.4 is 4.74 Å². The van der Waals surface area contributed by atoms with Gasteiger partial charge in [-0.2, -0.15) is 5.26 Å². The van der Waals surface area contributed by atoms with Gasteiger partial charge < -0.3 is 9.64 Å². The quantitative estimate of drug-likeness (QED) is 0.482. The molecule has 0 aliphatic heterocycles. The van der Waals surface area contributed by atoms with Crippen molar-refractivity contribution in [2.45, 2.75) is 0 Å². The molecule has 0 spiro atoms. The molecular weight excluding hydrogens is 298 g/mol. The van der Waals surface area contributed by atoms with Crippen molar-refractivity contribution in [3.63, 3.8) is 0 Å². The number of ether oxygens (including phenoxy) is 1. The van der Waals surface area contributed by atoms with Crippen molar-refractivity contribution in [3.05, 3.63) is 34.8 Å². The van der Waals surface area contributed by atoms with Crippen molar-refractivity contribution in [2.24, 2.45) is 4.99 Å². The second kappa shape index (κ2) is 7.33. The fraction of sp³-hybridized carbons (Fsp3) is 0.200. The first-order valence-electron chi connectivity index (χ1n) is 6.42. The smallest absolute Gasteiger partial charge is 0.233 e. The summed E-state index contributed by atoms with van der Waals surface area (Å²) < 4.78 is 5.11. The number of benzene rings is 1. The van der Waals surface area contributed by atoms with Crippen LogP contribution in [0, 0.1) is 11.3 Å². The van der Waals surface area contributed by atoms with Gasteiger partial charge in [0.1, 0.15) is 11.8 Å². The zero-order valence-electron chi connectivity index (χ0n) is 12.5. The van der Waals surface area contributed by atoms with E-state index >= 15 is 0 Å². The van der Waals surface area contributed by atoms with Crippen molar-refractivity contribution in [1.29, 1.82) is 5.26 Å². The van der Waals surface area contributed by atoms with E-state index in [0.29, 0.717) is 15.7 Å². The molecule has 2 aromatic rings. The normalized spacial score (nSPS) is 11.5. The SMILES string of the molecule is COc1ccc(/C=C(/C#N)c2nnc(/N=C/N(C)C)s2)cc1. The predicted molar refractivity (Wildman–Crippen MR) is 88.2 cm³/mol. The summed E-state index contributed by atoms with van der Waals surface area (Å²) in [5.74, 6) is 0.770. The summed E-state index contributed by atoms with van der Waals surface area (Å²) in [6.45, 7) is 0. The minimum atomic E-state index is 0.453. The van der Waals surface area contributed by atoms with Crippen molar-refractivity contribution in [1.82, 2.24) is 15.1 Å². The van der Waals surface area contributed by atoms with Gasteiger partial charge in [-0.05, 0) is 23.8 Å². The second-order valence-corrected chi connectivity index (χ2v) is 5.50. The van der Waals surface area contributed by atoms with Crippen LogP contribution >= 0.6 is 11.3 Å². The molecule has 0 saturated carbocycles. The number of aliphatic imine (C=N–C) groups is 1. The average molecular weight is 313 g/mol. The maximum absolute atomic E-state index is 9.32. The third-order valence-corrected chi connectivity index (χ3v) is 3.46. The zero-order chi connectivity index (χ0) is 15.9. The number of nitrogens with zero attached hydrogens (tertiary/aromatic N) is 5. The van der Waals surface area contributed by atoms with Gasteiger partial charge in [-0.25, -0.2) is 4.99 Å². The van der Waals surface area contributed by atoms with Gasteiger partial charge in [0.25, 0.3) is 0 Å². The van der Waals surface area contributed by atoms with E-state index in [0.717, 1.165) is 11.3 Å². The lowest BCUT2D eigenvalue weighted by Gasteiger charge is -2.00. The van der Waals surface area contributed by atoms with E-state index in [2.05, 4.69) is 21.3 Å². The van der Waals surface area contributed by atoms with E-state index in [1.807, 2.05) is 38.4 Å². The lowest BCUT2D eigenvalue weighted by molar-refractivity contribution is 0.415. The molecule has 0 saturated heterocycles. The Labute approximate surface area is 133 Å². The van der Waals surface area contributed by atoms with Crippen LogP contribution in [0.5, 0.6) is 5.75 Å². The maximum atomic E-state index is 9.32. The second-order valence-electron chi connectivity index (χ2n) is 4.54. The topological polar surface area (TPSA) is 74.4 Å². The minimum absolute atomic E-state index is 0.453. The van der Waals surface area contributed by atoms with Crippen LogP contribution in [0.15, 0.2) is 29.3 Å². The van der Waals surface area contributed by atoms with E-state index in [-0.39, 0.29) is 0 Å². The van der Waals surface area contributed by atoms with Crippen LogP contribution in [0.2, 0.25) is 0 Å². The lowest BCUT2D eigenvalue weighted by Crippen LogP contribution is -2.06. The van der Waals surface area contributed by atoms with Gasteiger partial charge >= 0.3 is 0 Å². The molecule has 0 amide bonds. The zero-order valence-corrected chi connectivity index (χ0v) is 13.3. The molecule has 0 aliphatic rings. The molecule has 6 nitrogen and oxygen atoms in total. The van der Waals surface area contributed by atoms with Crippen LogP contribution in [0.4, 0.5) is 5.13 Å². The Hall–Kier alpha value is -2.72. The number of methoxy groups -OCH3 is 1. The highest BCUT2D eigenvalue weighted by atomic mass is 32.1. The third kappa shape index (κ3) is 4.14. The van der Waals surface area contributed by atoms with Gasteiger partial charge in [0.05, 0.1) is 19.0 Å². The first-order valence-corrected chi connectivity index (χ1v) is 7.24. The van der Waals surface area contributed by atoms with Crippen molar-refractivity contribution >= 4 is 34.5 Å². The predicted octanol–water partition coefficient (Wildman–Crippen LogP) is 2.83. The minimum Gasteiger partial charge on any atom is -0.497 e. The van der Waals surface area contributed by atoms with E-state index in [9.17, 15) is 5.26 Å². The van der Waals surface area contributed by atoms with Crippen LogP contribution in [0.1, 0.15) is 10.6 Å². The fourth-order valence-electron chi connectivity index (χ4n) is 1.55. The summed E-state index contributed by atoms with van der Waals surface area (Å²) in [6, 6.07) is 9.59. The van der Waals surface area contributed by atoms with Crippen LogP contribution in [0.25, 0.3) is 11.6 Å². The molecule has 0 radical (unpaired) electrons. The summed E-state index contributed by atoms with van der Waals surface area (Å²) >= 11 is 1.27. The molecule has 22 heavy (non-hydrogen) atoms. The van der Waals surface area contributed by atoms with Gasteiger partial charge in [0.15, 0.2) is 5.01 Å². The molecule has 0 fully saturated rings. The monoisotopic (exact) mass is 313 g/mol. The molecule has 0 aliphatic carbocycles. The Balaban J connectivity index is 2.24. The highest BCUT2D eigenvalue weighted by molar-refractivity contribution is 7.16. The summed E-state index contributed by atoms with van der Waals surface area (Å²) in [5, 5.41) is 18.4. The molecule has 0 N–H and O–H groups in total. The first-order chi connectivity index (χ1) is 10.6. The number of hydrogen-bond donors (Lipinski definition) is 0. The highest BCUT2D eigenvalue weighted by Gasteiger charge is 2.08. The Morgan fingerprint density at radius 1 is 1.32 bits per heavy atom. The standard InChI is InChI=1S/C15H15N5OS/c1-20(2)10-17-15-19-18-14(22-15)12(9-16)8-11-4-6-13(21-3)7-5-11/h4-8,10H,1-3H3/b12-8-,17-10+. The Bertz CT molecular complexity index is 725. The van der Waals surface area contributed by atoms with Crippen LogP contribution in [0.3, 0.4) is 0 Å². The number of allylic oxidation sites excluding steroid dienone is 1. The summed E-state index contributed by atoms with van der Waals surface area (Å²) in [6.07, 6.45) is 3.41. The van der Waals surface area contributed by atoms with Crippen molar-refractivity contribution in [3.8, 4) is 11.8 Å². The molecule has 7 heteroatoms. The third-order valence-electron chi connectivity index (χ3n) is 2.59. The lowest BCUT2D eigenvalue weighted by atomic mass is 10.1. The molecular formula is C15H15N5OS. The maximum Gasteiger partial charge on any atom is 0.233 e. The number of nitriles is 1. The fourth-order valence-corrected chi connectivity index (χ4v) is 2.20. The average Bonchev–Trinajstić information content (AvgIpc) is 3.00. The number of hydrogen-bond acceptors (Lipinski definition) is 6. The molecule has 1 aromatic carbocycles. The van der Waals surface area contributed by atoms with E-state index < -0.39 is 0 Å². The molecule has 2 rings (SSSR count). The summed E-state index contributed by atoms with van der Waals surface area (Å²) in [7, 11) is 5.36. The van der Waals surface area contributed by atoms with Gasteiger partial charge in [-0.15, -0.1) is 10.2 Å². The largest absolute Gasteiger partial charge is 0.497 e. The van der Waals surface area contributed by atoms with Gasteiger partial charge in [-0.1, -0.05) is 23.5 Å². The first kappa shape index (κ1) is 15.7. The molecule has 0 atom stereocenters. The highest BCUT2D eigenvalue weighted by Crippen LogP contribution is 2.26. The molecule has 0 unspecified atom stereocenters. The summed E-state index contributed by atoms with van der Waals surface area (Å²) in [4.78, 5) is 5.97. The number of rotatable bonds is 5. The van der Waals surface area contributed by atoms with E-state index in [1.54, 1.807) is 24.4 Å². The van der Waals surface area contributed by atoms with Crippen molar-refractivity contribution < 1.29 is 4.74 Å². The molecule has 112 valence electrons. The van der Waals surface area contributed by atoms with Crippen LogP contribution in [-0.4, -0.2) is 42.6 Å². The Morgan fingerprint density at radius 3 is 2.64 bits per heavy atom. The Kier molecular flexibility index (Phi) is 5.22. The van der Waals surface area contributed by atoms with Crippen molar-refractivity contribution in [2.75, 3.05) is 21.2 Å². The summed E-state index contributed by atoms with van der Waals surface area (Å²) in [5.41, 5.74) is 1.35. The van der Waals surface area contributed by atoms with Crippen LogP contribution in [-0.2, 0) is 0 Å². The number of aromatic nitrogens is 2. The van der Waals surface area contributed by atoms with Gasteiger partial charge in [-0.3, -0.25) is 0 Å². The Morgan fingerprint density at radius 2 is 2.05 bits per heavy atom. The van der Waals surface area contributed by atoms with E-state index in [4.69, 9.17) is 4.74 Å². The molecule has 1 heterocycles. The molecule has 0 bridgehead atoms. The molecule has 1 aromatic heterocycles. The van der Waals surface area contributed by atoms with Gasteiger partial charge in [0, 0.05) is 14.1 Å².